The van der Waals surface area contributed by atoms with Crippen LogP contribution in [0.3, 0.4) is 0 Å². The summed E-state index contributed by atoms with van der Waals surface area (Å²) in [6.07, 6.45) is 2.01. The van der Waals surface area contributed by atoms with E-state index in [1.807, 2.05) is 12.1 Å². The zero-order valence-corrected chi connectivity index (χ0v) is 16.8. The zero-order chi connectivity index (χ0) is 20.9. The average molecular weight is 411 g/mol. The number of anilines is 2. The number of amides is 1. The SMILES string of the molecule is O=C(Nc1cccc2c1NCC2)OCCN1CCC(C(=O)c2ccc(F)cc2)CC1. The molecule has 1 amide bonds. The van der Waals surface area contributed by atoms with Crippen molar-refractivity contribution in [2.24, 2.45) is 5.92 Å². The van der Waals surface area contributed by atoms with Gasteiger partial charge >= 0.3 is 6.09 Å². The van der Waals surface area contributed by atoms with Crippen LogP contribution in [0.2, 0.25) is 0 Å². The van der Waals surface area contributed by atoms with Crippen LogP contribution in [0.4, 0.5) is 20.6 Å². The number of fused-ring (bicyclic) bond motifs is 1. The van der Waals surface area contributed by atoms with Crippen LogP contribution in [0.5, 0.6) is 0 Å². The molecule has 2 heterocycles. The van der Waals surface area contributed by atoms with Crippen LogP contribution in [0.1, 0.15) is 28.8 Å². The maximum atomic E-state index is 13.0. The third-order valence-corrected chi connectivity index (χ3v) is 5.81. The number of likely N-dealkylation sites (tertiary alicyclic amines) is 1. The van der Waals surface area contributed by atoms with Gasteiger partial charge in [-0.05, 0) is 68.2 Å². The van der Waals surface area contributed by atoms with E-state index in [0.717, 1.165) is 50.3 Å². The van der Waals surface area contributed by atoms with E-state index < -0.39 is 6.09 Å². The quantitative estimate of drug-likeness (QED) is 0.705. The summed E-state index contributed by atoms with van der Waals surface area (Å²) in [7, 11) is 0. The number of para-hydroxylation sites is 1. The summed E-state index contributed by atoms with van der Waals surface area (Å²) in [6, 6.07) is 11.6. The van der Waals surface area contributed by atoms with Crippen LogP contribution in [0.15, 0.2) is 42.5 Å². The third-order valence-electron chi connectivity index (χ3n) is 5.81. The second-order valence-electron chi connectivity index (χ2n) is 7.76. The van der Waals surface area contributed by atoms with Gasteiger partial charge in [-0.1, -0.05) is 12.1 Å². The topological polar surface area (TPSA) is 70.7 Å². The van der Waals surface area contributed by atoms with Crippen molar-refractivity contribution in [3.8, 4) is 0 Å². The van der Waals surface area contributed by atoms with Crippen LogP contribution >= 0.6 is 0 Å². The summed E-state index contributed by atoms with van der Waals surface area (Å²) < 4.78 is 18.4. The van der Waals surface area contributed by atoms with Crippen molar-refractivity contribution in [1.82, 2.24) is 4.90 Å². The number of ketones is 1. The standard InChI is InChI=1S/C23H26FN3O3/c24-19-6-4-17(5-7-19)22(28)18-9-12-27(13-10-18)14-15-30-23(29)26-20-3-1-2-16-8-11-25-21(16)20/h1-7,18,25H,8-15H2,(H,26,29). The molecule has 2 aromatic rings. The molecule has 0 bridgehead atoms. The van der Waals surface area contributed by atoms with Crippen LogP contribution < -0.4 is 10.6 Å². The summed E-state index contributed by atoms with van der Waals surface area (Å²) in [6.45, 7) is 3.36. The van der Waals surface area contributed by atoms with Gasteiger partial charge in [-0.15, -0.1) is 0 Å². The normalized spacial score (nSPS) is 16.6. The first-order chi connectivity index (χ1) is 14.6. The van der Waals surface area contributed by atoms with Gasteiger partial charge in [-0.2, -0.15) is 0 Å². The van der Waals surface area contributed by atoms with Gasteiger partial charge in [0, 0.05) is 24.6 Å². The first kappa shape index (κ1) is 20.3. The van der Waals surface area contributed by atoms with Crippen molar-refractivity contribution in [3.05, 3.63) is 59.4 Å². The van der Waals surface area contributed by atoms with Crippen LogP contribution in [-0.2, 0) is 11.2 Å². The number of rotatable bonds is 6. The number of hydrogen-bond donors (Lipinski definition) is 2. The minimum Gasteiger partial charge on any atom is -0.448 e. The molecule has 0 atom stereocenters. The van der Waals surface area contributed by atoms with Gasteiger partial charge in [-0.25, -0.2) is 9.18 Å². The Bertz CT molecular complexity index is 908. The fraction of sp³-hybridized carbons (Fsp3) is 0.391. The minimum absolute atomic E-state index is 0.0383. The molecule has 2 aliphatic rings. The Hall–Kier alpha value is -2.93. The summed E-state index contributed by atoms with van der Waals surface area (Å²) >= 11 is 0. The van der Waals surface area contributed by atoms with Crippen LogP contribution in [0, 0.1) is 11.7 Å². The molecule has 6 nitrogen and oxygen atoms in total. The maximum absolute atomic E-state index is 13.0. The van der Waals surface area contributed by atoms with Gasteiger partial charge in [0.05, 0.1) is 11.4 Å². The molecule has 1 saturated heterocycles. The van der Waals surface area contributed by atoms with Gasteiger partial charge < -0.3 is 10.1 Å². The number of piperidine rings is 1. The average Bonchev–Trinajstić information content (AvgIpc) is 3.24. The Balaban J connectivity index is 1.18. The highest BCUT2D eigenvalue weighted by molar-refractivity contribution is 5.97. The molecule has 0 radical (unpaired) electrons. The second-order valence-corrected chi connectivity index (χ2v) is 7.76. The lowest BCUT2D eigenvalue weighted by atomic mass is 9.89. The lowest BCUT2D eigenvalue weighted by molar-refractivity contribution is 0.0813. The van der Waals surface area contributed by atoms with E-state index in [9.17, 15) is 14.0 Å². The van der Waals surface area contributed by atoms with E-state index in [0.29, 0.717) is 18.7 Å². The van der Waals surface area contributed by atoms with Crippen molar-refractivity contribution in [3.63, 3.8) is 0 Å². The van der Waals surface area contributed by atoms with Gasteiger partial charge in [0.1, 0.15) is 12.4 Å². The van der Waals surface area contributed by atoms with E-state index in [1.54, 1.807) is 12.1 Å². The highest BCUT2D eigenvalue weighted by Crippen LogP contribution is 2.30. The molecule has 0 aliphatic carbocycles. The Morgan fingerprint density at radius 2 is 1.90 bits per heavy atom. The molecular weight excluding hydrogens is 385 g/mol. The number of nitrogens with one attached hydrogen (secondary N) is 2. The molecule has 4 rings (SSSR count). The molecule has 2 aromatic carbocycles. The number of halogens is 1. The van der Waals surface area contributed by atoms with Gasteiger partial charge in [-0.3, -0.25) is 15.0 Å². The number of benzene rings is 2. The molecule has 30 heavy (non-hydrogen) atoms. The van der Waals surface area contributed by atoms with E-state index in [1.165, 1.54) is 17.7 Å². The zero-order valence-electron chi connectivity index (χ0n) is 16.8. The maximum Gasteiger partial charge on any atom is 0.411 e. The minimum atomic E-state index is -0.460. The molecule has 0 aromatic heterocycles. The lowest BCUT2D eigenvalue weighted by Crippen LogP contribution is -2.38. The molecule has 2 aliphatic heterocycles. The number of carbonyl (C=O) groups is 2. The fourth-order valence-electron chi connectivity index (χ4n) is 4.13. The van der Waals surface area contributed by atoms with Crippen molar-refractivity contribution < 1.29 is 18.7 Å². The van der Waals surface area contributed by atoms with Gasteiger partial charge in [0.2, 0.25) is 0 Å². The highest BCUT2D eigenvalue weighted by Gasteiger charge is 2.26. The number of carbonyl (C=O) groups excluding carboxylic acids is 2. The van der Waals surface area contributed by atoms with Gasteiger partial charge in [0.15, 0.2) is 5.78 Å². The summed E-state index contributed by atoms with van der Waals surface area (Å²) in [5.41, 5.74) is 3.49. The first-order valence-corrected chi connectivity index (χ1v) is 10.4. The second kappa shape index (κ2) is 9.26. The predicted molar refractivity (Wildman–Crippen MR) is 114 cm³/mol. The molecule has 1 fully saturated rings. The monoisotopic (exact) mass is 411 g/mol. The van der Waals surface area contributed by atoms with E-state index in [4.69, 9.17) is 4.74 Å². The molecule has 0 spiro atoms. The lowest BCUT2D eigenvalue weighted by Gasteiger charge is -2.31. The summed E-state index contributed by atoms with van der Waals surface area (Å²) in [5.74, 6) is -0.295. The van der Waals surface area contributed by atoms with Crippen molar-refractivity contribution in [1.29, 1.82) is 0 Å². The first-order valence-electron chi connectivity index (χ1n) is 10.4. The molecular formula is C23H26FN3O3. The van der Waals surface area contributed by atoms with Gasteiger partial charge in [0.25, 0.3) is 0 Å². The molecule has 158 valence electrons. The molecule has 0 saturated carbocycles. The van der Waals surface area contributed by atoms with Crippen molar-refractivity contribution in [2.75, 3.05) is 43.4 Å². The van der Waals surface area contributed by atoms with Crippen molar-refractivity contribution >= 4 is 23.3 Å². The number of ether oxygens (including phenoxy) is 1. The largest absolute Gasteiger partial charge is 0.448 e. The number of Topliss-reactive ketones (excluding diaryl/α,β-unsaturated/α-hetero) is 1. The molecule has 2 N–H and O–H groups in total. The van der Waals surface area contributed by atoms with Crippen molar-refractivity contribution in [2.45, 2.75) is 19.3 Å². The fourth-order valence-corrected chi connectivity index (χ4v) is 4.13. The van der Waals surface area contributed by atoms with E-state index in [2.05, 4.69) is 21.6 Å². The number of nitrogens with zero attached hydrogens (tertiary/aromatic N) is 1. The molecule has 0 unspecified atom stereocenters. The predicted octanol–water partition coefficient (Wildman–Crippen LogP) is 3.94. The highest BCUT2D eigenvalue weighted by atomic mass is 19.1. The Morgan fingerprint density at radius 3 is 2.67 bits per heavy atom. The summed E-state index contributed by atoms with van der Waals surface area (Å²) in [5, 5.41) is 6.10. The number of hydrogen-bond acceptors (Lipinski definition) is 5. The third kappa shape index (κ3) is 4.79. The Labute approximate surface area is 175 Å². The Kier molecular flexibility index (Phi) is 6.28. The van der Waals surface area contributed by atoms with Crippen LogP contribution in [-0.4, -0.2) is 49.6 Å². The van der Waals surface area contributed by atoms with Crippen LogP contribution in [0.25, 0.3) is 0 Å². The molecule has 7 heteroatoms. The van der Waals surface area contributed by atoms with E-state index in [-0.39, 0.29) is 17.5 Å². The smallest absolute Gasteiger partial charge is 0.411 e. The Morgan fingerprint density at radius 1 is 1.13 bits per heavy atom. The summed E-state index contributed by atoms with van der Waals surface area (Å²) in [4.78, 5) is 26.9. The van der Waals surface area contributed by atoms with E-state index >= 15 is 0 Å².